The van der Waals surface area contributed by atoms with Crippen molar-refractivity contribution in [3.05, 3.63) is 35.9 Å². The third kappa shape index (κ3) is 3.98. The topological polar surface area (TPSA) is 29.3 Å². The van der Waals surface area contributed by atoms with E-state index < -0.39 is 0 Å². The summed E-state index contributed by atoms with van der Waals surface area (Å²) in [5, 5.41) is 0.722. The fourth-order valence-electron chi connectivity index (χ4n) is 2.87. The predicted octanol–water partition coefficient (Wildman–Crippen LogP) is 2.77. The standard InChI is InChI=1S/C16H26N2S/c1-13-14(2)19-11-10-18(13)16(12-17)9-8-15-6-4-3-5-7-15/h3-7,13-14,16H,8-12,17H2,1-2H3. The van der Waals surface area contributed by atoms with Gasteiger partial charge in [0, 0.05) is 36.2 Å². The lowest BCUT2D eigenvalue weighted by Gasteiger charge is -2.42. The van der Waals surface area contributed by atoms with Crippen molar-refractivity contribution < 1.29 is 0 Å². The van der Waals surface area contributed by atoms with Gasteiger partial charge in [0.25, 0.3) is 0 Å². The van der Waals surface area contributed by atoms with Gasteiger partial charge in [-0.2, -0.15) is 11.8 Å². The zero-order chi connectivity index (χ0) is 13.7. The van der Waals surface area contributed by atoms with Gasteiger partial charge in [-0.1, -0.05) is 37.3 Å². The lowest BCUT2D eigenvalue weighted by Crippen LogP contribution is -2.52. The van der Waals surface area contributed by atoms with Gasteiger partial charge in [0.2, 0.25) is 0 Å². The van der Waals surface area contributed by atoms with Crippen molar-refractivity contribution in [2.45, 2.75) is 44.0 Å². The molecule has 0 amide bonds. The molecule has 1 aromatic rings. The van der Waals surface area contributed by atoms with Crippen molar-refractivity contribution in [3.63, 3.8) is 0 Å². The summed E-state index contributed by atoms with van der Waals surface area (Å²) in [4.78, 5) is 2.63. The molecule has 1 aliphatic heterocycles. The Morgan fingerprint density at radius 2 is 2.05 bits per heavy atom. The average Bonchev–Trinajstić information content (AvgIpc) is 2.45. The summed E-state index contributed by atoms with van der Waals surface area (Å²) in [7, 11) is 0. The van der Waals surface area contributed by atoms with Crippen LogP contribution < -0.4 is 5.73 Å². The normalized spacial score (nSPS) is 26.3. The van der Waals surface area contributed by atoms with E-state index in [2.05, 4.69) is 60.8 Å². The van der Waals surface area contributed by atoms with Gasteiger partial charge in [-0.15, -0.1) is 0 Å². The first-order valence-electron chi connectivity index (χ1n) is 7.33. The van der Waals surface area contributed by atoms with Crippen molar-refractivity contribution in [2.75, 3.05) is 18.8 Å². The minimum atomic E-state index is 0.526. The molecule has 0 saturated carbocycles. The van der Waals surface area contributed by atoms with E-state index >= 15 is 0 Å². The van der Waals surface area contributed by atoms with Crippen LogP contribution >= 0.6 is 11.8 Å². The molecule has 1 aliphatic rings. The van der Waals surface area contributed by atoms with E-state index in [-0.39, 0.29) is 0 Å². The van der Waals surface area contributed by atoms with Crippen molar-refractivity contribution in [3.8, 4) is 0 Å². The molecule has 3 heteroatoms. The number of benzene rings is 1. The lowest BCUT2D eigenvalue weighted by atomic mass is 10.0. The Hall–Kier alpha value is -0.510. The van der Waals surface area contributed by atoms with Gasteiger partial charge in [-0.25, -0.2) is 0 Å². The summed E-state index contributed by atoms with van der Waals surface area (Å²) >= 11 is 2.09. The molecule has 3 atom stereocenters. The molecule has 0 aromatic heterocycles. The van der Waals surface area contributed by atoms with E-state index in [4.69, 9.17) is 5.73 Å². The number of nitrogens with zero attached hydrogens (tertiary/aromatic N) is 1. The molecule has 2 nitrogen and oxygen atoms in total. The molecule has 1 aromatic carbocycles. The van der Waals surface area contributed by atoms with Crippen LogP contribution in [0.25, 0.3) is 0 Å². The summed E-state index contributed by atoms with van der Waals surface area (Å²) < 4.78 is 0. The van der Waals surface area contributed by atoms with Crippen LogP contribution in [-0.4, -0.2) is 41.1 Å². The van der Waals surface area contributed by atoms with Gasteiger partial charge in [0.15, 0.2) is 0 Å². The Bertz CT molecular complexity index is 368. The zero-order valence-corrected chi connectivity index (χ0v) is 12.9. The summed E-state index contributed by atoms with van der Waals surface area (Å²) in [5.74, 6) is 1.24. The van der Waals surface area contributed by atoms with E-state index in [0.717, 1.165) is 18.2 Å². The zero-order valence-electron chi connectivity index (χ0n) is 12.1. The Balaban J connectivity index is 1.92. The number of hydrogen-bond acceptors (Lipinski definition) is 3. The van der Waals surface area contributed by atoms with Crippen LogP contribution in [0, 0.1) is 0 Å². The minimum absolute atomic E-state index is 0.526. The Morgan fingerprint density at radius 3 is 2.74 bits per heavy atom. The fraction of sp³-hybridized carbons (Fsp3) is 0.625. The highest BCUT2D eigenvalue weighted by atomic mass is 32.2. The molecule has 0 bridgehead atoms. The number of aryl methyl sites for hydroxylation is 1. The molecule has 0 radical (unpaired) electrons. The highest BCUT2D eigenvalue weighted by Gasteiger charge is 2.29. The van der Waals surface area contributed by atoms with Crippen molar-refractivity contribution in [1.82, 2.24) is 4.90 Å². The van der Waals surface area contributed by atoms with Crippen molar-refractivity contribution in [1.29, 1.82) is 0 Å². The molecule has 1 saturated heterocycles. The Kier molecular flexibility index (Phi) is 5.74. The first kappa shape index (κ1) is 14.9. The van der Waals surface area contributed by atoms with Crippen LogP contribution in [0.4, 0.5) is 0 Å². The van der Waals surface area contributed by atoms with Crippen molar-refractivity contribution >= 4 is 11.8 Å². The third-order valence-electron chi connectivity index (χ3n) is 4.28. The number of nitrogens with two attached hydrogens (primary N) is 1. The maximum Gasteiger partial charge on any atom is 0.0225 e. The number of rotatable bonds is 5. The fourth-order valence-corrected chi connectivity index (χ4v) is 3.99. The summed E-state index contributed by atoms with van der Waals surface area (Å²) in [6.07, 6.45) is 2.30. The maximum atomic E-state index is 6.03. The molecule has 2 N–H and O–H groups in total. The van der Waals surface area contributed by atoms with Crippen LogP contribution in [-0.2, 0) is 6.42 Å². The first-order chi connectivity index (χ1) is 9.22. The minimum Gasteiger partial charge on any atom is -0.329 e. The van der Waals surface area contributed by atoms with Crippen LogP contribution in [0.2, 0.25) is 0 Å². The van der Waals surface area contributed by atoms with Gasteiger partial charge in [-0.05, 0) is 25.3 Å². The quantitative estimate of drug-likeness (QED) is 0.898. The maximum absolute atomic E-state index is 6.03. The van der Waals surface area contributed by atoms with Crippen LogP contribution in [0.5, 0.6) is 0 Å². The first-order valence-corrected chi connectivity index (χ1v) is 8.38. The Morgan fingerprint density at radius 1 is 1.32 bits per heavy atom. The molecule has 1 fully saturated rings. The molecule has 3 unspecified atom stereocenters. The van der Waals surface area contributed by atoms with Gasteiger partial charge in [0.05, 0.1) is 0 Å². The smallest absolute Gasteiger partial charge is 0.0225 e. The molecule has 1 heterocycles. The van der Waals surface area contributed by atoms with E-state index in [1.54, 1.807) is 0 Å². The van der Waals surface area contributed by atoms with Gasteiger partial charge in [-0.3, -0.25) is 4.90 Å². The average molecular weight is 278 g/mol. The molecule has 0 aliphatic carbocycles. The second-order valence-electron chi connectivity index (χ2n) is 5.47. The predicted molar refractivity (Wildman–Crippen MR) is 85.7 cm³/mol. The Labute approximate surface area is 121 Å². The van der Waals surface area contributed by atoms with E-state index in [1.807, 2.05) is 0 Å². The second-order valence-corrected chi connectivity index (χ2v) is 6.95. The van der Waals surface area contributed by atoms with E-state index in [1.165, 1.54) is 24.3 Å². The highest BCUT2D eigenvalue weighted by Crippen LogP contribution is 2.26. The second kappa shape index (κ2) is 7.32. The molecule has 0 spiro atoms. The molecular formula is C16H26N2S. The SMILES string of the molecule is CC1SCCN(C(CN)CCc2ccccc2)C1C. The molecule has 106 valence electrons. The van der Waals surface area contributed by atoms with Gasteiger partial charge in [0.1, 0.15) is 0 Å². The number of hydrogen-bond donors (Lipinski definition) is 1. The summed E-state index contributed by atoms with van der Waals surface area (Å²) in [6, 6.07) is 11.9. The van der Waals surface area contributed by atoms with Gasteiger partial charge >= 0.3 is 0 Å². The van der Waals surface area contributed by atoms with E-state index in [9.17, 15) is 0 Å². The van der Waals surface area contributed by atoms with Crippen LogP contribution in [0.15, 0.2) is 30.3 Å². The lowest BCUT2D eigenvalue weighted by molar-refractivity contribution is 0.143. The molecule has 19 heavy (non-hydrogen) atoms. The highest BCUT2D eigenvalue weighted by molar-refractivity contribution is 8.00. The van der Waals surface area contributed by atoms with Crippen LogP contribution in [0.3, 0.4) is 0 Å². The molecule has 2 rings (SSSR count). The summed E-state index contributed by atoms with van der Waals surface area (Å²) in [6.45, 7) is 6.65. The summed E-state index contributed by atoms with van der Waals surface area (Å²) in [5.41, 5.74) is 7.45. The van der Waals surface area contributed by atoms with Crippen LogP contribution in [0.1, 0.15) is 25.8 Å². The number of thioether (sulfide) groups is 1. The van der Waals surface area contributed by atoms with Gasteiger partial charge < -0.3 is 5.73 Å². The largest absolute Gasteiger partial charge is 0.329 e. The van der Waals surface area contributed by atoms with E-state index in [0.29, 0.717) is 12.1 Å². The van der Waals surface area contributed by atoms with Crippen molar-refractivity contribution in [2.24, 2.45) is 5.73 Å². The third-order valence-corrected chi connectivity index (χ3v) is 5.62. The molecular weight excluding hydrogens is 252 g/mol. The monoisotopic (exact) mass is 278 g/mol.